The van der Waals surface area contributed by atoms with Crippen LogP contribution in [-0.2, 0) is 11.2 Å². The van der Waals surface area contributed by atoms with Crippen molar-refractivity contribution < 1.29 is 24.5 Å². The number of phenols is 1. The van der Waals surface area contributed by atoms with Gasteiger partial charge in [-0.2, -0.15) is 0 Å². The Kier molecular flexibility index (Phi) is 4.88. The average molecular weight is 302 g/mol. The number of ether oxygens (including phenoxy) is 2. The molecule has 0 spiro atoms. The zero-order chi connectivity index (χ0) is 16.1. The van der Waals surface area contributed by atoms with Crippen molar-refractivity contribution in [3.8, 4) is 17.2 Å². The summed E-state index contributed by atoms with van der Waals surface area (Å²) in [7, 11) is 3.08. The van der Waals surface area contributed by atoms with Crippen molar-refractivity contribution >= 4 is 5.97 Å². The molecule has 2 aromatic carbocycles. The van der Waals surface area contributed by atoms with E-state index in [1.54, 1.807) is 37.4 Å². The van der Waals surface area contributed by atoms with Gasteiger partial charge in [0.25, 0.3) is 0 Å². The second-order valence-corrected chi connectivity index (χ2v) is 4.88. The van der Waals surface area contributed by atoms with E-state index in [1.165, 1.54) is 19.2 Å². The summed E-state index contributed by atoms with van der Waals surface area (Å²) in [6.45, 7) is 0. The number of carboxylic acids is 1. The number of methoxy groups -OCH3 is 2. The molecule has 0 heterocycles. The zero-order valence-corrected chi connectivity index (χ0v) is 12.4. The van der Waals surface area contributed by atoms with Gasteiger partial charge in [0.2, 0.25) is 0 Å². The van der Waals surface area contributed by atoms with E-state index < -0.39 is 11.9 Å². The first-order valence-corrected chi connectivity index (χ1v) is 6.77. The molecule has 0 saturated carbocycles. The average Bonchev–Trinajstić information content (AvgIpc) is 2.52. The van der Waals surface area contributed by atoms with Crippen molar-refractivity contribution in [1.29, 1.82) is 0 Å². The molecule has 0 aromatic heterocycles. The normalized spacial score (nSPS) is 11.7. The molecule has 0 saturated heterocycles. The van der Waals surface area contributed by atoms with E-state index in [0.29, 0.717) is 23.5 Å². The van der Waals surface area contributed by atoms with Crippen LogP contribution in [0.15, 0.2) is 42.5 Å². The van der Waals surface area contributed by atoms with Crippen LogP contribution in [0.1, 0.15) is 17.0 Å². The van der Waals surface area contributed by atoms with E-state index in [9.17, 15) is 15.0 Å². The smallest absolute Gasteiger partial charge is 0.311 e. The Hall–Kier alpha value is -2.69. The molecule has 0 amide bonds. The molecule has 0 bridgehead atoms. The molecule has 1 atom stereocenters. The molecular formula is C17H18O5. The first-order chi connectivity index (χ1) is 10.5. The maximum atomic E-state index is 11.6. The molecule has 5 nitrogen and oxygen atoms in total. The molecule has 2 rings (SSSR count). The van der Waals surface area contributed by atoms with Crippen LogP contribution in [0.25, 0.3) is 0 Å². The third-order valence-electron chi connectivity index (χ3n) is 3.46. The van der Waals surface area contributed by atoms with Crippen molar-refractivity contribution in [2.45, 2.75) is 12.3 Å². The lowest BCUT2D eigenvalue weighted by atomic mass is 9.92. The highest BCUT2D eigenvalue weighted by atomic mass is 16.5. The Labute approximate surface area is 128 Å². The molecule has 2 aromatic rings. The minimum Gasteiger partial charge on any atom is -0.508 e. The van der Waals surface area contributed by atoms with E-state index in [2.05, 4.69) is 0 Å². The van der Waals surface area contributed by atoms with Gasteiger partial charge in [-0.15, -0.1) is 0 Å². The number of rotatable bonds is 6. The molecule has 1 unspecified atom stereocenters. The van der Waals surface area contributed by atoms with Crippen LogP contribution >= 0.6 is 0 Å². The van der Waals surface area contributed by atoms with Gasteiger partial charge in [-0.3, -0.25) is 4.79 Å². The molecule has 0 aliphatic heterocycles. The van der Waals surface area contributed by atoms with Gasteiger partial charge in [-0.25, -0.2) is 0 Å². The third-order valence-corrected chi connectivity index (χ3v) is 3.46. The summed E-state index contributed by atoms with van der Waals surface area (Å²) in [5, 5.41) is 19.0. The summed E-state index contributed by atoms with van der Waals surface area (Å²) in [6, 6.07) is 11.6. The SMILES string of the molecule is COc1ccc(CC(C(=O)O)c2cccc(O)c2)cc1OC. The molecule has 0 aliphatic rings. The molecule has 0 aliphatic carbocycles. The fourth-order valence-electron chi connectivity index (χ4n) is 2.33. The van der Waals surface area contributed by atoms with Crippen molar-refractivity contribution in [2.75, 3.05) is 14.2 Å². The summed E-state index contributed by atoms with van der Waals surface area (Å²) in [5.74, 6) is -0.489. The number of aromatic hydroxyl groups is 1. The van der Waals surface area contributed by atoms with Crippen LogP contribution in [0, 0.1) is 0 Å². The number of aliphatic carboxylic acids is 1. The zero-order valence-electron chi connectivity index (χ0n) is 12.4. The standard InChI is InChI=1S/C17H18O5/c1-21-15-7-6-11(9-16(15)22-2)8-14(17(19)20)12-4-3-5-13(18)10-12/h3-7,9-10,14,18H,8H2,1-2H3,(H,19,20). The fourth-order valence-corrected chi connectivity index (χ4v) is 2.33. The van der Waals surface area contributed by atoms with Crippen LogP contribution in [-0.4, -0.2) is 30.4 Å². The number of hydrogen-bond acceptors (Lipinski definition) is 4. The van der Waals surface area contributed by atoms with Crippen LogP contribution in [0.2, 0.25) is 0 Å². The van der Waals surface area contributed by atoms with Crippen LogP contribution in [0.3, 0.4) is 0 Å². The number of phenolic OH excluding ortho intramolecular Hbond substituents is 1. The van der Waals surface area contributed by atoms with E-state index in [1.807, 2.05) is 0 Å². The predicted molar refractivity (Wildman–Crippen MR) is 81.7 cm³/mol. The maximum absolute atomic E-state index is 11.6. The minimum absolute atomic E-state index is 0.0519. The highest BCUT2D eigenvalue weighted by molar-refractivity contribution is 5.76. The summed E-state index contributed by atoms with van der Waals surface area (Å²) in [5.41, 5.74) is 1.37. The first kappa shape index (κ1) is 15.7. The van der Waals surface area contributed by atoms with E-state index in [-0.39, 0.29) is 5.75 Å². The number of hydrogen-bond donors (Lipinski definition) is 2. The van der Waals surface area contributed by atoms with Gasteiger partial charge in [0.05, 0.1) is 20.1 Å². The predicted octanol–water partition coefficient (Wildman–Crippen LogP) is 2.82. The molecule has 5 heteroatoms. The maximum Gasteiger partial charge on any atom is 0.311 e. The largest absolute Gasteiger partial charge is 0.508 e. The Morgan fingerprint density at radius 1 is 1.09 bits per heavy atom. The van der Waals surface area contributed by atoms with Crippen molar-refractivity contribution in [3.05, 3.63) is 53.6 Å². The molecule has 116 valence electrons. The Morgan fingerprint density at radius 3 is 2.41 bits per heavy atom. The Morgan fingerprint density at radius 2 is 1.82 bits per heavy atom. The quantitative estimate of drug-likeness (QED) is 0.858. The molecule has 0 radical (unpaired) electrons. The number of carboxylic acid groups (broad SMARTS) is 1. The lowest BCUT2D eigenvalue weighted by molar-refractivity contribution is -0.138. The molecule has 0 fully saturated rings. The van der Waals surface area contributed by atoms with E-state index in [4.69, 9.17) is 9.47 Å². The number of benzene rings is 2. The van der Waals surface area contributed by atoms with Crippen LogP contribution < -0.4 is 9.47 Å². The van der Waals surface area contributed by atoms with Gasteiger partial charge in [0.1, 0.15) is 5.75 Å². The summed E-state index contributed by atoms with van der Waals surface area (Å²) in [4.78, 5) is 11.6. The van der Waals surface area contributed by atoms with Crippen LogP contribution in [0.4, 0.5) is 0 Å². The minimum atomic E-state index is -0.944. The summed E-state index contributed by atoms with van der Waals surface area (Å²) >= 11 is 0. The fraction of sp³-hybridized carbons (Fsp3) is 0.235. The van der Waals surface area contributed by atoms with Crippen molar-refractivity contribution in [3.63, 3.8) is 0 Å². The monoisotopic (exact) mass is 302 g/mol. The highest BCUT2D eigenvalue weighted by Crippen LogP contribution is 2.31. The van der Waals surface area contributed by atoms with Gasteiger partial charge >= 0.3 is 5.97 Å². The van der Waals surface area contributed by atoms with E-state index >= 15 is 0 Å². The van der Waals surface area contributed by atoms with Crippen molar-refractivity contribution in [1.82, 2.24) is 0 Å². The lowest BCUT2D eigenvalue weighted by Crippen LogP contribution is -2.14. The highest BCUT2D eigenvalue weighted by Gasteiger charge is 2.21. The van der Waals surface area contributed by atoms with Crippen LogP contribution in [0.5, 0.6) is 17.2 Å². The van der Waals surface area contributed by atoms with Gasteiger partial charge in [0.15, 0.2) is 11.5 Å². The van der Waals surface area contributed by atoms with Gasteiger partial charge < -0.3 is 19.7 Å². The second-order valence-electron chi connectivity index (χ2n) is 4.88. The molecule has 22 heavy (non-hydrogen) atoms. The number of carbonyl (C=O) groups is 1. The Balaban J connectivity index is 2.31. The molecule has 2 N–H and O–H groups in total. The van der Waals surface area contributed by atoms with Crippen molar-refractivity contribution in [2.24, 2.45) is 0 Å². The first-order valence-electron chi connectivity index (χ1n) is 6.77. The summed E-state index contributed by atoms with van der Waals surface area (Å²) in [6.07, 6.45) is 0.291. The second kappa shape index (κ2) is 6.85. The topological polar surface area (TPSA) is 76.0 Å². The Bertz CT molecular complexity index is 666. The van der Waals surface area contributed by atoms with Gasteiger partial charge in [-0.1, -0.05) is 18.2 Å². The third kappa shape index (κ3) is 3.49. The summed E-state index contributed by atoms with van der Waals surface area (Å²) < 4.78 is 10.4. The molecular weight excluding hydrogens is 284 g/mol. The van der Waals surface area contributed by atoms with E-state index in [0.717, 1.165) is 5.56 Å². The lowest BCUT2D eigenvalue weighted by Gasteiger charge is -2.15. The van der Waals surface area contributed by atoms with Gasteiger partial charge in [-0.05, 0) is 41.8 Å². The van der Waals surface area contributed by atoms with Gasteiger partial charge in [0, 0.05) is 0 Å².